The van der Waals surface area contributed by atoms with Crippen molar-refractivity contribution < 1.29 is 9.50 Å². The summed E-state index contributed by atoms with van der Waals surface area (Å²) in [6.45, 7) is 4.56. The predicted molar refractivity (Wildman–Crippen MR) is 63.4 cm³/mol. The third-order valence-electron chi connectivity index (χ3n) is 2.09. The van der Waals surface area contributed by atoms with Crippen molar-refractivity contribution in [2.24, 2.45) is 0 Å². The van der Waals surface area contributed by atoms with Crippen molar-refractivity contribution in [3.05, 3.63) is 29.6 Å². The SMILES string of the molecule is CN(Cc1cc(N)cc(F)c1)CC(C)(C)O. The number of aliphatic hydroxyl groups is 1. The number of likely N-dealkylation sites (N-methyl/N-ethyl adjacent to an activating group) is 1. The van der Waals surface area contributed by atoms with Gasteiger partial charge >= 0.3 is 0 Å². The van der Waals surface area contributed by atoms with Crippen molar-refractivity contribution in [2.75, 3.05) is 19.3 Å². The molecule has 0 aliphatic carbocycles. The highest BCUT2D eigenvalue weighted by Crippen LogP contribution is 2.13. The van der Waals surface area contributed by atoms with Crippen LogP contribution in [0.2, 0.25) is 0 Å². The van der Waals surface area contributed by atoms with Crippen LogP contribution in [0.3, 0.4) is 0 Å². The average molecular weight is 226 g/mol. The number of benzene rings is 1. The number of nitrogens with zero attached hydrogens (tertiary/aromatic N) is 1. The maximum atomic E-state index is 13.1. The summed E-state index contributed by atoms with van der Waals surface area (Å²) in [7, 11) is 1.87. The van der Waals surface area contributed by atoms with E-state index in [1.54, 1.807) is 19.9 Å². The summed E-state index contributed by atoms with van der Waals surface area (Å²) >= 11 is 0. The monoisotopic (exact) mass is 226 g/mol. The van der Waals surface area contributed by atoms with Crippen molar-refractivity contribution >= 4 is 5.69 Å². The number of hydrogen-bond acceptors (Lipinski definition) is 3. The quantitative estimate of drug-likeness (QED) is 0.767. The number of rotatable bonds is 4. The van der Waals surface area contributed by atoms with Gasteiger partial charge in [-0.1, -0.05) is 0 Å². The predicted octanol–water partition coefficient (Wildman–Crippen LogP) is 1.61. The summed E-state index contributed by atoms with van der Waals surface area (Å²) in [5.74, 6) is -0.327. The molecule has 0 fully saturated rings. The fourth-order valence-corrected chi connectivity index (χ4v) is 1.79. The van der Waals surface area contributed by atoms with Crippen LogP contribution in [0.25, 0.3) is 0 Å². The third kappa shape index (κ3) is 4.59. The molecule has 0 amide bonds. The summed E-state index contributed by atoms with van der Waals surface area (Å²) in [6.07, 6.45) is 0. The van der Waals surface area contributed by atoms with Gasteiger partial charge in [0.2, 0.25) is 0 Å². The molecule has 0 spiro atoms. The standard InChI is InChI=1S/C12H19FN2O/c1-12(2,16)8-15(3)7-9-4-10(13)6-11(14)5-9/h4-6,16H,7-8,14H2,1-3H3. The van der Waals surface area contributed by atoms with Gasteiger partial charge in [0, 0.05) is 18.8 Å². The van der Waals surface area contributed by atoms with Gasteiger partial charge in [-0.3, -0.25) is 4.90 Å². The van der Waals surface area contributed by atoms with Crippen molar-refractivity contribution in [1.29, 1.82) is 0 Å². The summed E-state index contributed by atoms with van der Waals surface area (Å²) in [5.41, 5.74) is 6.03. The first kappa shape index (κ1) is 12.9. The molecule has 16 heavy (non-hydrogen) atoms. The van der Waals surface area contributed by atoms with E-state index in [1.165, 1.54) is 12.1 Å². The maximum Gasteiger partial charge on any atom is 0.125 e. The summed E-state index contributed by atoms with van der Waals surface area (Å²) < 4.78 is 13.1. The molecule has 0 unspecified atom stereocenters. The third-order valence-corrected chi connectivity index (χ3v) is 2.09. The number of nitrogen functional groups attached to an aromatic ring is 1. The van der Waals surface area contributed by atoms with Crippen LogP contribution in [0.15, 0.2) is 18.2 Å². The van der Waals surface area contributed by atoms with Crippen LogP contribution in [-0.2, 0) is 6.54 Å². The second-order valence-electron chi connectivity index (χ2n) is 4.88. The smallest absolute Gasteiger partial charge is 0.125 e. The zero-order valence-electron chi connectivity index (χ0n) is 10.00. The van der Waals surface area contributed by atoms with Gasteiger partial charge in [-0.25, -0.2) is 4.39 Å². The Bertz CT molecular complexity index is 340. The molecule has 0 saturated heterocycles. The maximum absolute atomic E-state index is 13.1. The Kier molecular flexibility index (Phi) is 3.88. The summed E-state index contributed by atoms with van der Waals surface area (Å²) in [5, 5.41) is 9.63. The van der Waals surface area contributed by atoms with Gasteiger partial charge in [-0.2, -0.15) is 0 Å². The highest BCUT2D eigenvalue weighted by atomic mass is 19.1. The van der Waals surface area contributed by atoms with Crippen molar-refractivity contribution in [3.63, 3.8) is 0 Å². The first-order chi connectivity index (χ1) is 7.26. The second kappa shape index (κ2) is 4.80. The number of anilines is 1. The first-order valence-electron chi connectivity index (χ1n) is 5.22. The van der Waals surface area contributed by atoms with Gasteiger partial charge in [-0.05, 0) is 44.7 Å². The van der Waals surface area contributed by atoms with E-state index in [4.69, 9.17) is 5.73 Å². The zero-order valence-corrected chi connectivity index (χ0v) is 10.00. The Hall–Kier alpha value is -1.13. The fourth-order valence-electron chi connectivity index (χ4n) is 1.79. The van der Waals surface area contributed by atoms with Gasteiger partial charge in [-0.15, -0.1) is 0 Å². The molecule has 1 aromatic rings. The molecule has 0 aliphatic heterocycles. The molecule has 1 aromatic carbocycles. The fraction of sp³-hybridized carbons (Fsp3) is 0.500. The number of halogens is 1. The van der Waals surface area contributed by atoms with Crippen LogP contribution in [0.4, 0.5) is 10.1 Å². The van der Waals surface area contributed by atoms with Crippen LogP contribution in [-0.4, -0.2) is 29.2 Å². The molecule has 0 aromatic heterocycles. The molecule has 1 rings (SSSR count). The zero-order chi connectivity index (χ0) is 12.3. The van der Waals surface area contributed by atoms with E-state index >= 15 is 0 Å². The molecule has 0 saturated carbocycles. The topological polar surface area (TPSA) is 49.5 Å². The lowest BCUT2D eigenvalue weighted by Crippen LogP contribution is -2.35. The Morgan fingerprint density at radius 3 is 2.50 bits per heavy atom. The molecule has 0 aliphatic rings. The van der Waals surface area contributed by atoms with E-state index in [-0.39, 0.29) is 5.82 Å². The van der Waals surface area contributed by atoms with Crippen LogP contribution in [0.1, 0.15) is 19.4 Å². The lowest BCUT2D eigenvalue weighted by molar-refractivity contribution is 0.0425. The highest BCUT2D eigenvalue weighted by Gasteiger charge is 2.15. The molecular formula is C12H19FN2O. The average Bonchev–Trinajstić information content (AvgIpc) is 1.96. The molecule has 0 atom stereocenters. The Morgan fingerprint density at radius 2 is 2.00 bits per heavy atom. The second-order valence-corrected chi connectivity index (χ2v) is 4.88. The van der Waals surface area contributed by atoms with Crippen molar-refractivity contribution in [1.82, 2.24) is 4.90 Å². The molecule has 90 valence electrons. The lowest BCUT2D eigenvalue weighted by atomic mass is 10.1. The molecule has 0 radical (unpaired) electrons. The normalized spacial score (nSPS) is 12.1. The van der Waals surface area contributed by atoms with E-state index in [0.717, 1.165) is 5.56 Å². The first-order valence-corrected chi connectivity index (χ1v) is 5.22. The number of hydrogen-bond donors (Lipinski definition) is 2. The molecule has 0 heterocycles. The van der Waals surface area contributed by atoms with Crippen LogP contribution in [0.5, 0.6) is 0 Å². The van der Waals surface area contributed by atoms with Crippen molar-refractivity contribution in [3.8, 4) is 0 Å². The van der Waals surface area contributed by atoms with Gasteiger partial charge in [0.15, 0.2) is 0 Å². The lowest BCUT2D eigenvalue weighted by Gasteiger charge is -2.25. The molecule has 4 heteroatoms. The molecule has 3 nitrogen and oxygen atoms in total. The van der Waals surface area contributed by atoms with Crippen LogP contribution in [0, 0.1) is 5.82 Å². The Balaban J connectivity index is 2.66. The van der Waals surface area contributed by atoms with E-state index in [9.17, 15) is 9.50 Å². The Morgan fingerprint density at radius 1 is 1.38 bits per heavy atom. The minimum absolute atomic E-state index is 0.327. The van der Waals surface area contributed by atoms with E-state index in [2.05, 4.69) is 0 Å². The van der Waals surface area contributed by atoms with Crippen LogP contribution < -0.4 is 5.73 Å². The summed E-state index contributed by atoms with van der Waals surface area (Å²) in [6, 6.07) is 4.49. The highest BCUT2D eigenvalue weighted by molar-refractivity contribution is 5.41. The molecule has 0 bridgehead atoms. The van der Waals surface area contributed by atoms with Gasteiger partial charge in [0.05, 0.1) is 5.60 Å². The number of nitrogens with two attached hydrogens (primary N) is 1. The van der Waals surface area contributed by atoms with Crippen molar-refractivity contribution in [2.45, 2.75) is 26.0 Å². The largest absolute Gasteiger partial charge is 0.399 e. The minimum atomic E-state index is -0.756. The Labute approximate surface area is 95.7 Å². The van der Waals surface area contributed by atoms with E-state index in [1.807, 2.05) is 11.9 Å². The van der Waals surface area contributed by atoms with E-state index < -0.39 is 5.60 Å². The van der Waals surface area contributed by atoms with Gasteiger partial charge in [0.25, 0.3) is 0 Å². The van der Waals surface area contributed by atoms with E-state index in [0.29, 0.717) is 18.8 Å². The molecule has 3 N–H and O–H groups in total. The van der Waals surface area contributed by atoms with Gasteiger partial charge < -0.3 is 10.8 Å². The van der Waals surface area contributed by atoms with Gasteiger partial charge in [0.1, 0.15) is 5.82 Å². The minimum Gasteiger partial charge on any atom is -0.399 e. The molecular weight excluding hydrogens is 207 g/mol. The summed E-state index contributed by atoms with van der Waals surface area (Å²) in [4.78, 5) is 1.92. The van der Waals surface area contributed by atoms with Crippen LogP contribution >= 0.6 is 0 Å².